The van der Waals surface area contributed by atoms with Crippen LogP contribution in [-0.2, 0) is 11.4 Å². The lowest BCUT2D eigenvalue weighted by atomic mass is 10.0. The number of carbonyl (C=O) groups is 1. The molecule has 2 heterocycles. The van der Waals surface area contributed by atoms with Gasteiger partial charge < -0.3 is 10.1 Å². The fraction of sp³-hybridized carbons (Fsp3) is 0.333. The number of carbonyl (C=O) groups excluding carboxylic acids is 1. The van der Waals surface area contributed by atoms with E-state index < -0.39 is 5.66 Å². The Labute approximate surface area is 150 Å². The minimum absolute atomic E-state index is 0.0951. The van der Waals surface area contributed by atoms with Crippen LogP contribution in [0.5, 0.6) is 5.75 Å². The van der Waals surface area contributed by atoms with Crippen LogP contribution in [0.4, 0.5) is 5.13 Å². The SMILES string of the molecule is C#CCCC1(CCC(=O)Nc2nc(COc3ccccc3)cs2)N=N1. The first-order chi connectivity index (χ1) is 12.2. The average molecular weight is 354 g/mol. The fourth-order valence-electron chi connectivity index (χ4n) is 2.27. The number of hydrogen-bond acceptors (Lipinski definition) is 6. The van der Waals surface area contributed by atoms with E-state index in [-0.39, 0.29) is 5.91 Å². The number of hydrogen-bond donors (Lipinski definition) is 1. The van der Waals surface area contributed by atoms with Gasteiger partial charge >= 0.3 is 0 Å². The van der Waals surface area contributed by atoms with Gasteiger partial charge in [0.05, 0.1) is 5.69 Å². The van der Waals surface area contributed by atoms with Gasteiger partial charge in [0, 0.05) is 31.1 Å². The first kappa shape index (κ1) is 17.1. The second-order valence-corrected chi connectivity index (χ2v) is 6.54. The third-order valence-electron chi connectivity index (χ3n) is 3.73. The summed E-state index contributed by atoms with van der Waals surface area (Å²) in [5.74, 6) is 3.27. The molecular formula is C18H18N4O2S. The van der Waals surface area contributed by atoms with Gasteiger partial charge in [-0.3, -0.25) is 4.79 Å². The lowest BCUT2D eigenvalue weighted by Gasteiger charge is -2.08. The zero-order valence-electron chi connectivity index (χ0n) is 13.6. The van der Waals surface area contributed by atoms with Crippen LogP contribution in [0.1, 0.15) is 31.4 Å². The first-order valence-electron chi connectivity index (χ1n) is 7.99. The van der Waals surface area contributed by atoms with Crippen molar-refractivity contribution in [3.8, 4) is 18.1 Å². The van der Waals surface area contributed by atoms with E-state index in [1.54, 1.807) is 0 Å². The second-order valence-electron chi connectivity index (χ2n) is 5.68. The minimum atomic E-state index is -0.429. The number of thiazole rings is 1. The molecule has 25 heavy (non-hydrogen) atoms. The van der Waals surface area contributed by atoms with Crippen LogP contribution in [0.2, 0.25) is 0 Å². The Kier molecular flexibility index (Phi) is 5.41. The molecule has 0 fully saturated rings. The number of benzene rings is 1. The molecule has 0 atom stereocenters. The summed E-state index contributed by atoms with van der Waals surface area (Å²) in [6.45, 7) is 0.364. The van der Waals surface area contributed by atoms with Gasteiger partial charge in [-0.25, -0.2) is 4.98 Å². The van der Waals surface area contributed by atoms with Crippen LogP contribution >= 0.6 is 11.3 Å². The Bertz CT molecular complexity index is 789. The summed E-state index contributed by atoms with van der Waals surface area (Å²) in [4.78, 5) is 16.4. The molecule has 0 unspecified atom stereocenters. The Morgan fingerprint density at radius 1 is 1.28 bits per heavy atom. The maximum absolute atomic E-state index is 12.0. The molecule has 0 saturated carbocycles. The number of aromatic nitrogens is 1. The Morgan fingerprint density at radius 3 is 2.80 bits per heavy atom. The second kappa shape index (κ2) is 7.90. The topological polar surface area (TPSA) is 75.9 Å². The molecule has 7 heteroatoms. The number of rotatable bonds is 9. The Hall–Kier alpha value is -2.72. The Morgan fingerprint density at radius 2 is 2.08 bits per heavy atom. The minimum Gasteiger partial charge on any atom is -0.487 e. The van der Waals surface area contributed by atoms with E-state index in [4.69, 9.17) is 11.2 Å². The largest absolute Gasteiger partial charge is 0.487 e. The number of terminal acetylenes is 1. The van der Waals surface area contributed by atoms with E-state index in [2.05, 4.69) is 26.4 Å². The third-order valence-corrected chi connectivity index (χ3v) is 4.54. The van der Waals surface area contributed by atoms with Crippen LogP contribution in [-0.4, -0.2) is 16.6 Å². The van der Waals surface area contributed by atoms with Gasteiger partial charge in [-0.2, -0.15) is 10.2 Å². The van der Waals surface area contributed by atoms with E-state index in [1.165, 1.54) is 11.3 Å². The van der Waals surface area contributed by atoms with Gasteiger partial charge in [-0.15, -0.1) is 23.7 Å². The summed E-state index contributed by atoms with van der Waals surface area (Å²) in [5, 5.41) is 13.3. The van der Waals surface area contributed by atoms with Crippen molar-refractivity contribution < 1.29 is 9.53 Å². The fourth-order valence-corrected chi connectivity index (χ4v) is 2.98. The smallest absolute Gasteiger partial charge is 0.226 e. The number of anilines is 1. The Balaban J connectivity index is 1.42. The summed E-state index contributed by atoms with van der Waals surface area (Å²) in [5.41, 5.74) is 0.350. The summed E-state index contributed by atoms with van der Waals surface area (Å²) in [7, 11) is 0. The molecule has 0 radical (unpaired) electrons. The summed E-state index contributed by atoms with van der Waals surface area (Å²) in [6, 6.07) is 9.54. The summed E-state index contributed by atoms with van der Waals surface area (Å²) < 4.78 is 5.64. The number of ether oxygens (including phenoxy) is 1. The molecule has 0 spiro atoms. The van der Waals surface area contributed by atoms with E-state index >= 15 is 0 Å². The van der Waals surface area contributed by atoms with Crippen molar-refractivity contribution in [3.05, 3.63) is 41.4 Å². The molecule has 1 amide bonds. The van der Waals surface area contributed by atoms with Gasteiger partial charge in [0.2, 0.25) is 5.91 Å². The van der Waals surface area contributed by atoms with Crippen molar-refractivity contribution in [1.82, 2.24) is 4.98 Å². The van der Waals surface area contributed by atoms with E-state index in [0.29, 0.717) is 37.4 Å². The quantitative estimate of drug-likeness (QED) is 0.691. The number of amides is 1. The van der Waals surface area contributed by atoms with Crippen molar-refractivity contribution in [2.75, 3.05) is 5.32 Å². The molecule has 1 N–H and O–H groups in total. The van der Waals surface area contributed by atoms with E-state index in [0.717, 1.165) is 11.4 Å². The number of para-hydroxylation sites is 1. The third kappa shape index (κ3) is 5.13. The monoisotopic (exact) mass is 354 g/mol. The lowest BCUT2D eigenvalue weighted by molar-refractivity contribution is -0.116. The lowest BCUT2D eigenvalue weighted by Crippen LogP contribution is -2.17. The molecule has 1 aromatic heterocycles. The van der Waals surface area contributed by atoms with Gasteiger partial charge in [-0.05, 0) is 12.1 Å². The molecule has 0 saturated heterocycles. The molecule has 1 aliphatic heterocycles. The van der Waals surface area contributed by atoms with Crippen LogP contribution in [0, 0.1) is 12.3 Å². The van der Waals surface area contributed by atoms with Crippen molar-refractivity contribution in [1.29, 1.82) is 0 Å². The van der Waals surface area contributed by atoms with Crippen LogP contribution in [0.15, 0.2) is 45.9 Å². The average Bonchev–Trinajstić information content (AvgIpc) is 3.28. The molecule has 0 bridgehead atoms. The molecule has 6 nitrogen and oxygen atoms in total. The molecule has 1 aliphatic rings. The van der Waals surface area contributed by atoms with Gasteiger partial charge in [0.15, 0.2) is 10.8 Å². The highest BCUT2D eigenvalue weighted by atomic mass is 32.1. The molecule has 2 aromatic rings. The van der Waals surface area contributed by atoms with Gasteiger partial charge in [0.1, 0.15) is 12.4 Å². The highest BCUT2D eigenvalue weighted by Crippen LogP contribution is 2.37. The van der Waals surface area contributed by atoms with E-state index in [9.17, 15) is 4.79 Å². The van der Waals surface area contributed by atoms with Gasteiger partial charge in [0.25, 0.3) is 0 Å². The first-order valence-corrected chi connectivity index (χ1v) is 8.87. The highest BCUT2D eigenvalue weighted by molar-refractivity contribution is 7.13. The predicted octanol–water partition coefficient (Wildman–Crippen LogP) is 4.02. The zero-order valence-corrected chi connectivity index (χ0v) is 14.5. The number of nitrogens with one attached hydrogen (secondary N) is 1. The number of nitrogens with zero attached hydrogens (tertiary/aromatic N) is 3. The van der Waals surface area contributed by atoms with Crippen LogP contribution in [0.25, 0.3) is 0 Å². The normalized spacial score (nSPS) is 13.9. The molecule has 128 valence electrons. The molecule has 1 aromatic carbocycles. The molecule has 0 aliphatic carbocycles. The summed E-state index contributed by atoms with van der Waals surface area (Å²) >= 11 is 1.38. The molecule has 3 rings (SSSR count). The van der Waals surface area contributed by atoms with Crippen molar-refractivity contribution >= 4 is 22.4 Å². The molecular weight excluding hydrogens is 336 g/mol. The van der Waals surface area contributed by atoms with E-state index in [1.807, 2.05) is 35.7 Å². The highest BCUT2D eigenvalue weighted by Gasteiger charge is 2.39. The maximum atomic E-state index is 12.0. The van der Waals surface area contributed by atoms with Crippen LogP contribution < -0.4 is 10.1 Å². The van der Waals surface area contributed by atoms with Crippen molar-refractivity contribution in [3.63, 3.8) is 0 Å². The standard InChI is InChI=1S/C18H18N4O2S/c1-2-3-10-18(21-22-18)11-9-16(23)20-17-19-14(13-25-17)12-24-15-7-5-4-6-8-15/h1,4-8,13H,3,9-12H2,(H,19,20,23). The maximum Gasteiger partial charge on any atom is 0.226 e. The van der Waals surface area contributed by atoms with Gasteiger partial charge in [-0.1, -0.05) is 18.2 Å². The summed E-state index contributed by atoms with van der Waals surface area (Å²) in [6.07, 6.45) is 7.50. The predicted molar refractivity (Wildman–Crippen MR) is 96.4 cm³/mol. The van der Waals surface area contributed by atoms with Crippen molar-refractivity contribution in [2.24, 2.45) is 10.2 Å². The zero-order chi connectivity index (χ0) is 17.5. The van der Waals surface area contributed by atoms with Crippen molar-refractivity contribution in [2.45, 2.75) is 38.0 Å². The van der Waals surface area contributed by atoms with Crippen LogP contribution in [0.3, 0.4) is 0 Å².